The Hall–Kier alpha value is -4.26. The van der Waals surface area contributed by atoms with Gasteiger partial charge >= 0.3 is 11.9 Å². The lowest BCUT2D eigenvalue weighted by molar-refractivity contribution is -0.271. The highest BCUT2D eigenvalue weighted by atomic mass is 32.2. The van der Waals surface area contributed by atoms with Gasteiger partial charge in [0, 0.05) is 23.0 Å². The molecule has 0 spiro atoms. The zero-order valence-corrected chi connectivity index (χ0v) is 26.8. The van der Waals surface area contributed by atoms with Crippen molar-refractivity contribution < 1.29 is 46.2 Å². The summed E-state index contributed by atoms with van der Waals surface area (Å²) in [7, 11) is -3.58. The van der Waals surface area contributed by atoms with Gasteiger partial charge in [-0.1, -0.05) is 69.0 Å². The SMILES string of the molecule is C=CCOOC(=O)C(C)C1C(=O)N2C(C(=O)OCC=C)=C(COc3cccc4c3-c3ccccc3C4CCOS(C)(=O)=O)[C@H](C)C12. The average molecular weight is 652 g/mol. The maximum Gasteiger partial charge on any atom is 0.355 e. The number of hydrogen-bond donors (Lipinski definition) is 0. The maximum absolute atomic E-state index is 13.5. The number of benzene rings is 2. The Balaban J connectivity index is 1.42. The van der Waals surface area contributed by atoms with Crippen molar-refractivity contribution in [2.24, 2.45) is 17.8 Å². The Labute approximate surface area is 268 Å². The molecule has 46 heavy (non-hydrogen) atoms. The van der Waals surface area contributed by atoms with E-state index in [0.717, 1.165) is 28.5 Å². The van der Waals surface area contributed by atoms with Crippen molar-refractivity contribution in [1.29, 1.82) is 0 Å². The minimum atomic E-state index is -3.58. The molecule has 3 aliphatic rings. The zero-order chi connectivity index (χ0) is 33.2. The van der Waals surface area contributed by atoms with E-state index in [4.69, 9.17) is 23.4 Å². The summed E-state index contributed by atoms with van der Waals surface area (Å²) in [6.07, 6.45) is 4.34. The van der Waals surface area contributed by atoms with Gasteiger partial charge in [-0.2, -0.15) is 13.3 Å². The van der Waals surface area contributed by atoms with E-state index in [0.29, 0.717) is 17.7 Å². The molecule has 5 rings (SSSR count). The van der Waals surface area contributed by atoms with Crippen molar-refractivity contribution in [3.8, 4) is 16.9 Å². The summed E-state index contributed by atoms with van der Waals surface area (Å²) >= 11 is 0. The van der Waals surface area contributed by atoms with E-state index in [1.807, 2.05) is 49.4 Å². The number of amides is 1. The van der Waals surface area contributed by atoms with Crippen molar-refractivity contribution in [2.45, 2.75) is 32.2 Å². The lowest BCUT2D eigenvalue weighted by Crippen LogP contribution is -2.63. The van der Waals surface area contributed by atoms with Gasteiger partial charge in [-0.3, -0.25) is 13.9 Å². The Morgan fingerprint density at radius 2 is 1.76 bits per heavy atom. The average Bonchev–Trinajstić information content (AvgIpc) is 3.47. The normalized spacial score (nSPS) is 21.9. The largest absolute Gasteiger partial charge is 0.488 e. The van der Waals surface area contributed by atoms with Crippen LogP contribution in [0.4, 0.5) is 0 Å². The Kier molecular flexibility index (Phi) is 9.80. The molecule has 1 aliphatic carbocycles. The van der Waals surface area contributed by atoms with E-state index in [1.165, 1.54) is 17.1 Å². The van der Waals surface area contributed by atoms with Crippen LogP contribution in [0.15, 0.2) is 79.0 Å². The number of hydrogen-bond acceptors (Lipinski definition) is 10. The number of nitrogens with zero attached hydrogens (tertiary/aromatic N) is 1. The first-order valence-corrected chi connectivity index (χ1v) is 16.8. The monoisotopic (exact) mass is 651 g/mol. The predicted molar refractivity (Wildman–Crippen MR) is 168 cm³/mol. The lowest BCUT2D eigenvalue weighted by Gasteiger charge is -2.47. The molecule has 0 bridgehead atoms. The molecule has 244 valence electrons. The number of carbonyl (C=O) groups is 3. The number of fused-ring (bicyclic) bond motifs is 4. The molecule has 1 amide bonds. The van der Waals surface area contributed by atoms with Crippen LogP contribution in [0.5, 0.6) is 5.75 Å². The fourth-order valence-corrected chi connectivity index (χ4v) is 7.03. The first kappa shape index (κ1) is 33.1. The van der Waals surface area contributed by atoms with Crippen LogP contribution in [0.3, 0.4) is 0 Å². The quantitative estimate of drug-likeness (QED) is 0.0522. The summed E-state index contributed by atoms with van der Waals surface area (Å²) < 4.78 is 40.1. The highest BCUT2D eigenvalue weighted by Crippen LogP contribution is 2.52. The van der Waals surface area contributed by atoms with E-state index >= 15 is 0 Å². The fourth-order valence-electron chi connectivity index (χ4n) is 6.63. The number of carbonyl (C=O) groups excluding carboxylic acids is 3. The molecule has 0 saturated carbocycles. The summed E-state index contributed by atoms with van der Waals surface area (Å²) in [5.41, 5.74) is 4.51. The number of esters is 1. The Morgan fingerprint density at radius 1 is 1.04 bits per heavy atom. The molecule has 2 heterocycles. The molecule has 11 nitrogen and oxygen atoms in total. The molecule has 4 unspecified atom stereocenters. The lowest BCUT2D eigenvalue weighted by atomic mass is 9.74. The maximum atomic E-state index is 13.5. The minimum absolute atomic E-state index is 0.00814. The summed E-state index contributed by atoms with van der Waals surface area (Å²) in [5.74, 6) is -3.21. The topological polar surface area (TPSA) is 135 Å². The summed E-state index contributed by atoms with van der Waals surface area (Å²) in [4.78, 5) is 50.5. The molecule has 2 aliphatic heterocycles. The van der Waals surface area contributed by atoms with Gasteiger partial charge in [0.1, 0.15) is 31.3 Å². The van der Waals surface area contributed by atoms with Crippen molar-refractivity contribution in [3.63, 3.8) is 0 Å². The van der Waals surface area contributed by atoms with E-state index in [1.54, 1.807) is 6.92 Å². The van der Waals surface area contributed by atoms with Crippen molar-refractivity contribution in [2.75, 3.05) is 32.7 Å². The second kappa shape index (κ2) is 13.6. The molecule has 12 heteroatoms. The zero-order valence-electron chi connectivity index (χ0n) is 26.0. The summed E-state index contributed by atoms with van der Waals surface area (Å²) in [5, 5.41) is 0. The van der Waals surface area contributed by atoms with Crippen LogP contribution >= 0.6 is 0 Å². The Morgan fingerprint density at radius 3 is 2.48 bits per heavy atom. The first-order chi connectivity index (χ1) is 22.0. The van der Waals surface area contributed by atoms with E-state index in [-0.39, 0.29) is 49.9 Å². The van der Waals surface area contributed by atoms with Gasteiger partial charge in [0.05, 0.1) is 30.7 Å². The highest BCUT2D eigenvalue weighted by molar-refractivity contribution is 7.85. The van der Waals surface area contributed by atoms with Gasteiger partial charge in [-0.05, 0) is 29.2 Å². The van der Waals surface area contributed by atoms with E-state index < -0.39 is 39.9 Å². The van der Waals surface area contributed by atoms with Crippen molar-refractivity contribution >= 4 is 28.0 Å². The molecule has 1 saturated heterocycles. The van der Waals surface area contributed by atoms with Crippen LogP contribution in [-0.4, -0.2) is 69.9 Å². The van der Waals surface area contributed by atoms with Crippen molar-refractivity contribution in [1.82, 2.24) is 4.90 Å². The summed E-state index contributed by atoms with van der Waals surface area (Å²) in [6.45, 7) is 10.6. The van der Waals surface area contributed by atoms with Gasteiger partial charge in [-0.15, -0.1) is 6.58 Å². The van der Waals surface area contributed by atoms with E-state index in [9.17, 15) is 22.8 Å². The van der Waals surface area contributed by atoms with Crippen LogP contribution < -0.4 is 4.74 Å². The second-order valence-electron chi connectivity index (χ2n) is 11.5. The van der Waals surface area contributed by atoms with Gasteiger partial charge in [0.25, 0.3) is 10.1 Å². The van der Waals surface area contributed by atoms with E-state index in [2.05, 4.69) is 13.2 Å². The smallest absolute Gasteiger partial charge is 0.355 e. The van der Waals surface area contributed by atoms with Crippen LogP contribution in [0, 0.1) is 17.8 Å². The van der Waals surface area contributed by atoms with Gasteiger partial charge in [-0.25, -0.2) is 9.59 Å². The van der Waals surface area contributed by atoms with Gasteiger partial charge < -0.3 is 14.4 Å². The third kappa shape index (κ3) is 6.24. The molecule has 5 atom stereocenters. The highest BCUT2D eigenvalue weighted by Gasteiger charge is 2.61. The molecule has 2 aromatic rings. The van der Waals surface area contributed by atoms with Crippen LogP contribution in [-0.2, 0) is 43.2 Å². The van der Waals surface area contributed by atoms with Crippen LogP contribution in [0.25, 0.3) is 11.1 Å². The summed E-state index contributed by atoms with van der Waals surface area (Å²) in [6, 6.07) is 13.1. The molecule has 0 radical (unpaired) electrons. The molecular formula is C34H37NO10S. The third-order valence-corrected chi connectivity index (χ3v) is 9.28. The van der Waals surface area contributed by atoms with Gasteiger partial charge in [0.2, 0.25) is 5.91 Å². The predicted octanol–water partition coefficient (Wildman–Crippen LogP) is 4.30. The number of β-lactam (4-membered cyclic amide) rings is 1. The number of rotatable bonds is 15. The standard InChI is InChI=1S/C34H37NO10S/c1-6-16-41-34(38)31-26(20(3)30-28(32(36)35(30)31)21(4)33(37)45-43-17-7-2)19-42-27-14-10-13-25-23(15-18-44-46(5,39)40)22-11-8-9-12-24(22)29(25)27/h6-14,20-21,23,28,30H,1-2,15-19H2,3-5H3/t20-,21?,23?,28?,30?/m0/s1. The molecule has 2 aromatic carbocycles. The molecule has 0 aromatic heterocycles. The molecule has 0 N–H and O–H groups in total. The van der Waals surface area contributed by atoms with Crippen LogP contribution in [0.1, 0.15) is 37.3 Å². The fraction of sp³-hybridized carbons (Fsp3) is 0.382. The first-order valence-electron chi connectivity index (χ1n) is 15.0. The Bertz CT molecular complexity index is 1700. The molecule has 1 fully saturated rings. The second-order valence-corrected chi connectivity index (χ2v) is 13.1. The minimum Gasteiger partial charge on any atom is -0.488 e. The van der Waals surface area contributed by atoms with Crippen molar-refractivity contribution in [3.05, 3.63) is 90.2 Å². The van der Waals surface area contributed by atoms with Crippen LogP contribution in [0.2, 0.25) is 0 Å². The van der Waals surface area contributed by atoms with Gasteiger partial charge in [0.15, 0.2) is 0 Å². The molecular weight excluding hydrogens is 614 g/mol. The number of ether oxygens (including phenoxy) is 2. The third-order valence-electron chi connectivity index (χ3n) is 8.69.